The average Bonchev–Trinajstić information content (AvgIpc) is 3.09. The van der Waals surface area contributed by atoms with Gasteiger partial charge in [0.1, 0.15) is 12.1 Å². The predicted molar refractivity (Wildman–Crippen MR) is 129 cm³/mol. The Hall–Kier alpha value is -3.30. The molecule has 1 saturated carbocycles. The minimum absolute atomic E-state index is 0.216. The quantitative estimate of drug-likeness (QED) is 0.597. The third kappa shape index (κ3) is 4.92. The Morgan fingerprint density at radius 3 is 2.31 bits per heavy atom. The molecule has 2 N–H and O–H groups in total. The highest BCUT2D eigenvalue weighted by Gasteiger charge is 2.52. The van der Waals surface area contributed by atoms with E-state index >= 15 is 0 Å². The molecular weight excluding hydrogens is 452 g/mol. The van der Waals surface area contributed by atoms with Gasteiger partial charge in [0.05, 0.1) is 25.5 Å². The van der Waals surface area contributed by atoms with Gasteiger partial charge in [0.25, 0.3) is 11.8 Å². The average molecular weight is 487 g/mol. The Labute approximate surface area is 205 Å². The highest BCUT2D eigenvalue weighted by atomic mass is 16.5. The van der Waals surface area contributed by atoms with Crippen LogP contribution in [0.3, 0.4) is 0 Å². The number of hydrogen-bond donors (Lipinski definition) is 2. The second-order valence-corrected chi connectivity index (χ2v) is 9.74. The van der Waals surface area contributed by atoms with E-state index in [2.05, 4.69) is 17.6 Å². The molecule has 2 heterocycles. The van der Waals surface area contributed by atoms with Crippen molar-refractivity contribution in [1.29, 1.82) is 0 Å². The van der Waals surface area contributed by atoms with Crippen molar-refractivity contribution in [3.63, 3.8) is 0 Å². The van der Waals surface area contributed by atoms with Gasteiger partial charge < -0.3 is 25.0 Å². The molecule has 35 heavy (non-hydrogen) atoms. The van der Waals surface area contributed by atoms with Crippen molar-refractivity contribution in [2.24, 2.45) is 5.92 Å². The first-order valence-corrected chi connectivity index (χ1v) is 12.3. The number of anilines is 1. The minimum atomic E-state index is -0.914. The molecule has 1 aromatic carbocycles. The third-order valence-electron chi connectivity index (χ3n) is 7.35. The molecule has 5 amide bonds. The van der Waals surface area contributed by atoms with E-state index in [0.29, 0.717) is 43.3 Å². The van der Waals surface area contributed by atoms with Crippen LogP contribution in [0.15, 0.2) is 12.1 Å². The molecule has 0 unspecified atom stereocenters. The van der Waals surface area contributed by atoms with Gasteiger partial charge >= 0.3 is 6.03 Å². The van der Waals surface area contributed by atoms with Crippen LogP contribution in [0, 0.1) is 5.92 Å². The Bertz CT molecular complexity index is 1010. The normalized spacial score (nSPS) is 24.4. The lowest BCUT2D eigenvalue weighted by Crippen LogP contribution is -2.49. The van der Waals surface area contributed by atoms with Gasteiger partial charge in [-0.3, -0.25) is 19.3 Å². The SMILES string of the molecule is COc1cc(NC(=O)CN2C(=O)NC3(CCC(C)CC3)C2=O)c(C(=O)N2CCCCC2)cc1OC. The van der Waals surface area contributed by atoms with Crippen molar-refractivity contribution in [2.45, 2.75) is 57.4 Å². The molecular formula is C25H34N4O6. The number of urea groups is 1. The maximum Gasteiger partial charge on any atom is 0.325 e. The van der Waals surface area contributed by atoms with Crippen molar-refractivity contribution >= 4 is 29.4 Å². The van der Waals surface area contributed by atoms with Crippen LogP contribution in [0.2, 0.25) is 0 Å². The number of piperidine rings is 1. The summed E-state index contributed by atoms with van der Waals surface area (Å²) in [5.74, 6) is 0.0719. The van der Waals surface area contributed by atoms with Crippen molar-refractivity contribution in [3.05, 3.63) is 17.7 Å². The van der Waals surface area contributed by atoms with E-state index in [-0.39, 0.29) is 23.1 Å². The lowest BCUT2D eigenvalue weighted by molar-refractivity contribution is -0.135. The van der Waals surface area contributed by atoms with Crippen LogP contribution in [0.1, 0.15) is 62.2 Å². The predicted octanol–water partition coefficient (Wildman–Crippen LogP) is 2.77. The fraction of sp³-hybridized carbons (Fsp3) is 0.600. The van der Waals surface area contributed by atoms with Gasteiger partial charge in [-0.25, -0.2) is 4.79 Å². The topological polar surface area (TPSA) is 117 Å². The zero-order chi connectivity index (χ0) is 25.2. The molecule has 3 aliphatic rings. The van der Waals surface area contributed by atoms with Crippen LogP contribution in [0.25, 0.3) is 0 Å². The summed E-state index contributed by atoms with van der Waals surface area (Å²) in [6.45, 7) is 2.98. The van der Waals surface area contributed by atoms with E-state index in [4.69, 9.17) is 9.47 Å². The van der Waals surface area contributed by atoms with Gasteiger partial charge in [0.2, 0.25) is 5.91 Å². The Balaban J connectivity index is 1.53. The summed E-state index contributed by atoms with van der Waals surface area (Å²) in [7, 11) is 2.94. The van der Waals surface area contributed by atoms with Crippen molar-refractivity contribution in [3.8, 4) is 11.5 Å². The number of amides is 5. The zero-order valence-electron chi connectivity index (χ0n) is 20.6. The summed E-state index contributed by atoms with van der Waals surface area (Å²) in [6, 6.07) is 2.53. The van der Waals surface area contributed by atoms with E-state index in [1.165, 1.54) is 20.3 Å². The maximum atomic E-state index is 13.3. The van der Waals surface area contributed by atoms with Gasteiger partial charge in [0.15, 0.2) is 11.5 Å². The first-order valence-electron chi connectivity index (χ1n) is 12.3. The first kappa shape index (κ1) is 24.8. The van der Waals surface area contributed by atoms with Gasteiger partial charge in [-0.2, -0.15) is 0 Å². The molecule has 1 spiro atoms. The summed E-state index contributed by atoms with van der Waals surface area (Å²) in [5, 5.41) is 5.55. The van der Waals surface area contributed by atoms with Gasteiger partial charge in [0, 0.05) is 19.2 Å². The monoisotopic (exact) mass is 486 g/mol. The number of nitrogens with one attached hydrogen (secondary N) is 2. The van der Waals surface area contributed by atoms with Crippen molar-refractivity contribution in [1.82, 2.24) is 15.1 Å². The van der Waals surface area contributed by atoms with Crippen LogP contribution in [0.5, 0.6) is 11.5 Å². The number of carbonyl (C=O) groups is 4. The number of hydrogen-bond acceptors (Lipinski definition) is 6. The van der Waals surface area contributed by atoms with Crippen LogP contribution in [-0.2, 0) is 9.59 Å². The number of benzene rings is 1. The molecule has 0 bridgehead atoms. The highest BCUT2D eigenvalue weighted by molar-refractivity contribution is 6.11. The second kappa shape index (κ2) is 10.1. The molecule has 3 fully saturated rings. The minimum Gasteiger partial charge on any atom is -0.493 e. The van der Waals surface area contributed by atoms with Gasteiger partial charge in [-0.15, -0.1) is 0 Å². The number of methoxy groups -OCH3 is 2. The number of ether oxygens (including phenoxy) is 2. The summed E-state index contributed by atoms with van der Waals surface area (Å²) < 4.78 is 10.7. The molecule has 0 radical (unpaired) electrons. The Morgan fingerprint density at radius 1 is 1.06 bits per heavy atom. The Kier molecular flexibility index (Phi) is 7.18. The summed E-state index contributed by atoms with van der Waals surface area (Å²) in [5.41, 5.74) is -0.396. The summed E-state index contributed by atoms with van der Waals surface area (Å²) in [4.78, 5) is 54.8. The maximum absolute atomic E-state index is 13.3. The molecule has 10 nitrogen and oxygen atoms in total. The van der Waals surface area contributed by atoms with Crippen LogP contribution >= 0.6 is 0 Å². The fourth-order valence-electron chi connectivity index (χ4n) is 5.17. The molecule has 0 aromatic heterocycles. The smallest absolute Gasteiger partial charge is 0.325 e. The van der Waals surface area contributed by atoms with E-state index < -0.39 is 24.0 Å². The number of imide groups is 1. The van der Waals surface area contributed by atoms with Gasteiger partial charge in [-0.1, -0.05) is 6.92 Å². The molecule has 1 aromatic rings. The molecule has 10 heteroatoms. The van der Waals surface area contributed by atoms with Gasteiger partial charge in [-0.05, 0) is 56.9 Å². The molecule has 4 rings (SSSR count). The third-order valence-corrected chi connectivity index (χ3v) is 7.35. The lowest BCUT2D eigenvalue weighted by Gasteiger charge is -2.33. The second-order valence-electron chi connectivity index (χ2n) is 9.74. The number of nitrogens with zero attached hydrogens (tertiary/aromatic N) is 2. The number of carbonyl (C=O) groups excluding carboxylic acids is 4. The van der Waals surface area contributed by atoms with Crippen molar-refractivity contribution < 1.29 is 28.7 Å². The number of rotatable bonds is 6. The molecule has 0 atom stereocenters. The van der Waals surface area contributed by atoms with Crippen LogP contribution in [0.4, 0.5) is 10.5 Å². The number of likely N-dealkylation sites (tertiary alicyclic amines) is 1. The van der Waals surface area contributed by atoms with E-state index in [0.717, 1.165) is 37.0 Å². The van der Waals surface area contributed by atoms with Crippen molar-refractivity contribution in [2.75, 3.05) is 39.2 Å². The van der Waals surface area contributed by atoms with Crippen LogP contribution in [-0.4, -0.2) is 72.9 Å². The molecule has 190 valence electrons. The highest BCUT2D eigenvalue weighted by Crippen LogP contribution is 2.37. The fourth-order valence-corrected chi connectivity index (χ4v) is 5.17. The standard InChI is InChI=1S/C25H34N4O6/c1-16-7-9-25(10-8-16)23(32)29(24(33)27-25)15-21(30)26-18-14-20(35-3)19(34-2)13-17(18)22(31)28-11-5-4-6-12-28/h13-14,16H,4-12,15H2,1-3H3,(H,26,30)(H,27,33). The van der Waals surface area contributed by atoms with E-state index in [1.807, 2.05) is 0 Å². The first-order chi connectivity index (χ1) is 16.8. The van der Waals surface area contributed by atoms with E-state index in [9.17, 15) is 19.2 Å². The summed E-state index contributed by atoms with van der Waals surface area (Å²) >= 11 is 0. The zero-order valence-corrected chi connectivity index (χ0v) is 20.6. The summed E-state index contributed by atoms with van der Waals surface area (Å²) in [6.07, 6.45) is 5.76. The molecule has 1 aliphatic carbocycles. The largest absolute Gasteiger partial charge is 0.493 e. The molecule has 2 aliphatic heterocycles. The lowest BCUT2D eigenvalue weighted by atomic mass is 9.77. The molecule has 2 saturated heterocycles. The Morgan fingerprint density at radius 2 is 1.69 bits per heavy atom. The van der Waals surface area contributed by atoms with Crippen LogP contribution < -0.4 is 20.1 Å². The van der Waals surface area contributed by atoms with E-state index in [1.54, 1.807) is 11.0 Å².